The van der Waals surface area contributed by atoms with Crippen LogP contribution >= 0.6 is 0 Å². The first-order valence-electron chi connectivity index (χ1n) is 9.83. The molecule has 1 aliphatic rings. The summed E-state index contributed by atoms with van der Waals surface area (Å²) in [6, 6.07) is 13.1. The maximum absolute atomic E-state index is 12.5. The number of aromatic nitrogens is 2. The Kier molecular flexibility index (Phi) is 5.31. The monoisotopic (exact) mass is 391 g/mol. The Morgan fingerprint density at radius 1 is 1.03 bits per heavy atom. The van der Waals surface area contributed by atoms with Gasteiger partial charge in [0, 0.05) is 44.1 Å². The standard InChI is InChI=1S/C22H25N5O2/c1-16-6-5-7-17(2)22(16)24-20(28)15-25-10-12-26(13-11-25)19-14-21(29)27-9-4-3-8-18(27)23-19/h3-9,14H,10-13,15H2,1-2H3,(H,24,28). The van der Waals surface area contributed by atoms with Crippen LogP contribution in [0.1, 0.15) is 11.1 Å². The molecular weight excluding hydrogens is 366 g/mol. The van der Waals surface area contributed by atoms with Crippen molar-refractivity contribution in [2.75, 3.05) is 42.9 Å². The molecule has 0 spiro atoms. The highest BCUT2D eigenvalue weighted by Crippen LogP contribution is 2.19. The minimum absolute atomic E-state index is 0.00192. The molecule has 1 aromatic carbocycles. The zero-order valence-electron chi connectivity index (χ0n) is 16.8. The van der Waals surface area contributed by atoms with Crippen molar-refractivity contribution in [1.82, 2.24) is 14.3 Å². The molecule has 3 heterocycles. The van der Waals surface area contributed by atoms with Crippen LogP contribution in [-0.2, 0) is 4.79 Å². The predicted octanol–water partition coefficient (Wildman–Crippen LogP) is 2.07. The van der Waals surface area contributed by atoms with Crippen LogP contribution in [0, 0.1) is 13.8 Å². The molecule has 4 rings (SSSR count). The predicted molar refractivity (Wildman–Crippen MR) is 115 cm³/mol. The topological polar surface area (TPSA) is 70.0 Å². The number of fused-ring (bicyclic) bond motifs is 1. The van der Waals surface area contributed by atoms with E-state index < -0.39 is 0 Å². The molecule has 3 aromatic rings. The van der Waals surface area contributed by atoms with E-state index in [2.05, 4.69) is 20.1 Å². The van der Waals surface area contributed by atoms with E-state index >= 15 is 0 Å². The largest absolute Gasteiger partial charge is 0.354 e. The number of anilines is 2. The lowest BCUT2D eigenvalue weighted by Crippen LogP contribution is -2.49. The molecule has 29 heavy (non-hydrogen) atoms. The first-order valence-corrected chi connectivity index (χ1v) is 9.83. The van der Waals surface area contributed by atoms with Crippen LogP contribution in [0.3, 0.4) is 0 Å². The summed E-state index contributed by atoms with van der Waals surface area (Å²) in [7, 11) is 0. The summed E-state index contributed by atoms with van der Waals surface area (Å²) in [4.78, 5) is 33.7. The summed E-state index contributed by atoms with van der Waals surface area (Å²) in [5.74, 6) is 0.693. The normalized spacial score (nSPS) is 14.9. The average Bonchev–Trinajstić information content (AvgIpc) is 2.71. The molecule has 1 aliphatic heterocycles. The van der Waals surface area contributed by atoms with E-state index in [0.717, 1.165) is 43.0 Å². The molecule has 1 fully saturated rings. The fourth-order valence-corrected chi connectivity index (χ4v) is 3.73. The molecule has 1 saturated heterocycles. The van der Waals surface area contributed by atoms with Crippen LogP contribution in [0.15, 0.2) is 53.5 Å². The minimum Gasteiger partial charge on any atom is -0.354 e. The number of hydrogen-bond acceptors (Lipinski definition) is 5. The number of benzene rings is 1. The maximum Gasteiger partial charge on any atom is 0.259 e. The van der Waals surface area contributed by atoms with E-state index in [1.165, 1.54) is 4.40 Å². The Morgan fingerprint density at radius 2 is 1.76 bits per heavy atom. The number of carbonyl (C=O) groups is 1. The Balaban J connectivity index is 1.37. The van der Waals surface area contributed by atoms with Gasteiger partial charge in [0.05, 0.1) is 6.54 Å². The molecule has 0 saturated carbocycles. The van der Waals surface area contributed by atoms with E-state index in [1.54, 1.807) is 12.3 Å². The van der Waals surface area contributed by atoms with Crippen LogP contribution < -0.4 is 15.8 Å². The van der Waals surface area contributed by atoms with Gasteiger partial charge in [-0.2, -0.15) is 0 Å². The highest BCUT2D eigenvalue weighted by molar-refractivity contribution is 5.93. The van der Waals surface area contributed by atoms with E-state index in [1.807, 2.05) is 50.2 Å². The summed E-state index contributed by atoms with van der Waals surface area (Å²) in [6.07, 6.45) is 1.72. The Bertz CT molecular complexity index is 1080. The molecule has 2 aromatic heterocycles. The Morgan fingerprint density at radius 3 is 2.48 bits per heavy atom. The van der Waals surface area contributed by atoms with Crippen molar-refractivity contribution < 1.29 is 4.79 Å². The molecule has 0 radical (unpaired) electrons. The van der Waals surface area contributed by atoms with Gasteiger partial charge >= 0.3 is 0 Å². The molecule has 0 aliphatic carbocycles. The van der Waals surface area contributed by atoms with Crippen LogP contribution in [0.5, 0.6) is 0 Å². The number of para-hydroxylation sites is 1. The number of piperazine rings is 1. The lowest BCUT2D eigenvalue weighted by Gasteiger charge is -2.35. The van der Waals surface area contributed by atoms with E-state index in [9.17, 15) is 9.59 Å². The number of carbonyl (C=O) groups excluding carboxylic acids is 1. The number of nitrogens with one attached hydrogen (secondary N) is 1. The molecule has 150 valence electrons. The quantitative estimate of drug-likeness (QED) is 0.737. The van der Waals surface area contributed by atoms with Gasteiger partial charge < -0.3 is 10.2 Å². The fraction of sp³-hybridized carbons (Fsp3) is 0.318. The second kappa shape index (κ2) is 8.05. The second-order valence-electron chi connectivity index (χ2n) is 7.46. The van der Waals surface area contributed by atoms with Gasteiger partial charge in [-0.1, -0.05) is 24.3 Å². The van der Waals surface area contributed by atoms with E-state index in [0.29, 0.717) is 18.0 Å². The van der Waals surface area contributed by atoms with Crippen LogP contribution in [0.2, 0.25) is 0 Å². The van der Waals surface area contributed by atoms with Gasteiger partial charge in [0.15, 0.2) is 0 Å². The van der Waals surface area contributed by atoms with Gasteiger partial charge in [-0.05, 0) is 37.1 Å². The van der Waals surface area contributed by atoms with Crippen molar-refractivity contribution in [1.29, 1.82) is 0 Å². The lowest BCUT2D eigenvalue weighted by atomic mass is 10.1. The highest BCUT2D eigenvalue weighted by Gasteiger charge is 2.21. The van der Waals surface area contributed by atoms with Crippen LogP contribution in [0.25, 0.3) is 5.65 Å². The third kappa shape index (κ3) is 4.14. The highest BCUT2D eigenvalue weighted by atomic mass is 16.2. The Labute approximate surface area is 169 Å². The van der Waals surface area contributed by atoms with E-state index in [-0.39, 0.29) is 11.5 Å². The number of pyridine rings is 1. The van der Waals surface area contributed by atoms with Crippen molar-refractivity contribution in [2.45, 2.75) is 13.8 Å². The molecule has 0 unspecified atom stereocenters. The SMILES string of the molecule is Cc1cccc(C)c1NC(=O)CN1CCN(c2cc(=O)n3ccccc3n2)CC1. The molecule has 0 bridgehead atoms. The summed E-state index contributed by atoms with van der Waals surface area (Å²) in [5, 5.41) is 3.05. The van der Waals surface area contributed by atoms with Crippen molar-refractivity contribution in [3.8, 4) is 0 Å². The first kappa shape index (κ1) is 19.1. The number of amides is 1. The molecule has 7 nitrogen and oxygen atoms in total. The zero-order chi connectivity index (χ0) is 20.4. The van der Waals surface area contributed by atoms with Gasteiger partial charge in [-0.3, -0.25) is 18.9 Å². The van der Waals surface area contributed by atoms with Gasteiger partial charge in [0.25, 0.3) is 5.56 Å². The van der Waals surface area contributed by atoms with Crippen LogP contribution in [0.4, 0.5) is 11.5 Å². The van der Waals surface area contributed by atoms with Crippen molar-refractivity contribution in [2.24, 2.45) is 0 Å². The summed E-state index contributed by atoms with van der Waals surface area (Å²) in [5.41, 5.74) is 3.59. The van der Waals surface area contributed by atoms with Gasteiger partial charge in [-0.15, -0.1) is 0 Å². The van der Waals surface area contributed by atoms with Gasteiger partial charge in [-0.25, -0.2) is 4.98 Å². The number of rotatable bonds is 4. The molecule has 1 amide bonds. The van der Waals surface area contributed by atoms with Crippen molar-refractivity contribution >= 4 is 23.1 Å². The summed E-state index contributed by atoms with van der Waals surface area (Å²) in [6.45, 7) is 7.31. The van der Waals surface area contributed by atoms with Gasteiger partial charge in [0.2, 0.25) is 5.91 Å². The smallest absolute Gasteiger partial charge is 0.259 e. The lowest BCUT2D eigenvalue weighted by molar-refractivity contribution is -0.117. The second-order valence-corrected chi connectivity index (χ2v) is 7.46. The summed E-state index contributed by atoms with van der Waals surface area (Å²) < 4.78 is 1.54. The summed E-state index contributed by atoms with van der Waals surface area (Å²) >= 11 is 0. The van der Waals surface area contributed by atoms with E-state index in [4.69, 9.17) is 0 Å². The maximum atomic E-state index is 12.5. The zero-order valence-corrected chi connectivity index (χ0v) is 16.8. The fourth-order valence-electron chi connectivity index (χ4n) is 3.73. The van der Waals surface area contributed by atoms with Gasteiger partial charge in [0.1, 0.15) is 11.5 Å². The molecule has 1 N–H and O–H groups in total. The number of nitrogens with zero attached hydrogens (tertiary/aromatic N) is 4. The average molecular weight is 391 g/mol. The molecule has 7 heteroatoms. The number of aryl methyl sites for hydroxylation is 2. The minimum atomic E-state index is -0.0824. The van der Waals surface area contributed by atoms with Crippen LogP contribution in [-0.4, -0.2) is 52.9 Å². The third-order valence-electron chi connectivity index (χ3n) is 5.37. The van der Waals surface area contributed by atoms with Crippen molar-refractivity contribution in [3.63, 3.8) is 0 Å². The Hall–Kier alpha value is -3.19. The number of hydrogen-bond donors (Lipinski definition) is 1. The first-order chi connectivity index (χ1) is 14.0. The van der Waals surface area contributed by atoms with Crippen molar-refractivity contribution in [3.05, 3.63) is 70.1 Å². The third-order valence-corrected chi connectivity index (χ3v) is 5.37. The molecular formula is C22H25N5O2. The molecule has 0 atom stereocenters.